The summed E-state index contributed by atoms with van der Waals surface area (Å²) in [5.41, 5.74) is 3.18. The SMILES string of the molecule is CCc1ccc(C(=O)Oc2ccc(OC(=O)c3ccc(CC)cc3)c(OC)c2)cc1. The van der Waals surface area contributed by atoms with Crippen LogP contribution in [0.5, 0.6) is 17.2 Å². The molecule has 3 rings (SSSR count). The second kappa shape index (κ2) is 9.74. The fraction of sp³-hybridized carbons (Fsp3) is 0.200. The fourth-order valence-corrected chi connectivity index (χ4v) is 2.87. The van der Waals surface area contributed by atoms with Crippen LogP contribution in [-0.2, 0) is 12.8 Å². The van der Waals surface area contributed by atoms with Gasteiger partial charge in [0.25, 0.3) is 0 Å². The van der Waals surface area contributed by atoms with Gasteiger partial charge in [-0.05, 0) is 60.4 Å². The number of hydrogen-bond donors (Lipinski definition) is 0. The van der Waals surface area contributed by atoms with Gasteiger partial charge in [0.1, 0.15) is 5.75 Å². The van der Waals surface area contributed by atoms with Crippen LogP contribution in [0.25, 0.3) is 0 Å². The summed E-state index contributed by atoms with van der Waals surface area (Å²) in [6.45, 7) is 4.10. The Morgan fingerprint density at radius 3 is 1.63 bits per heavy atom. The van der Waals surface area contributed by atoms with Crippen molar-refractivity contribution < 1.29 is 23.8 Å². The molecule has 0 amide bonds. The summed E-state index contributed by atoms with van der Waals surface area (Å²) in [6, 6.07) is 19.1. The quantitative estimate of drug-likeness (QED) is 0.397. The molecule has 0 aliphatic carbocycles. The fourth-order valence-electron chi connectivity index (χ4n) is 2.87. The minimum Gasteiger partial charge on any atom is -0.493 e. The predicted molar refractivity (Wildman–Crippen MR) is 115 cm³/mol. The van der Waals surface area contributed by atoms with Crippen LogP contribution in [0, 0.1) is 0 Å². The topological polar surface area (TPSA) is 61.8 Å². The molecular formula is C25H24O5. The van der Waals surface area contributed by atoms with E-state index in [9.17, 15) is 9.59 Å². The zero-order valence-electron chi connectivity index (χ0n) is 17.3. The second-order valence-corrected chi connectivity index (χ2v) is 6.69. The van der Waals surface area contributed by atoms with Crippen molar-refractivity contribution in [2.45, 2.75) is 26.7 Å². The molecule has 0 N–H and O–H groups in total. The molecule has 5 heteroatoms. The van der Waals surface area contributed by atoms with Gasteiger partial charge >= 0.3 is 11.9 Å². The smallest absolute Gasteiger partial charge is 0.343 e. The first-order valence-corrected chi connectivity index (χ1v) is 9.84. The summed E-state index contributed by atoms with van der Waals surface area (Å²) >= 11 is 0. The highest BCUT2D eigenvalue weighted by Crippen LogP contribution is 2.32. The van der Waals surface area contributed by atoms with Gasteiger partial charge in [0.15, 0.2) is 11.5 Å². The second-order valence-electron chi connectivity index (χ2n) is 6.69. The summed E-state index contributed by atoms with van der Waals surface area (Å²) in [5.74, 6) is -0.130. The number of ether oxygens (including phenoxy) is 3. The van der Waals surface area contributed by atoms with Crippen molar-refractivity contribution in [1.29, 1.82) is 0 Å². The number of rotatable bonds is 7. The van der Waals surface area contributed by atoms with E-state index in [4.69, 9.17) is 14.2 Å². The lowest BCUT2D eigenvalue weighted by Crippen LogP contribution is -2.10. The molecule has 0 aliphatic rings. The standard InChI is InChI=1S/C25H24O5/c1-4-17-6-10-19(11-7-17)24(26)29-21-14-15-22(23(16-21)28-3)30-25(27)20-12-8-18(5-2)9-13-20/h6-16H,4-5H2,1-3H3. The van der Waals surface area contributed by atoms with E-state index in [0.29, 0.717) is 22.6 Å². The lowest BCUT2D eigenvalue weighted by molar-refractivity contribution is 0.0715. The van der Waals surface area contributed by atoms with Crippen LogP contribution in [0.2, 0.25) is 0 Å². The van der Waals surface area contributed by atoms with E-state index >= 15 is 0 Å². The number of benzene rings is 3. The minimum atomic E-state index is -0.489. The van der Waals surface area contributed by atoms with Crippen LogP contribution in [-0.4, -0.2) is 19.0 Å². The maximum absolute atomic E-state index is 12.4. The van der Waals surface area contributed by atoms with Gasteiger partial charge in [-0.2, -0.15) is 0 Å². The third-order valence-corrected chi connectivity index (χ3v) is 4.74. The first kappa shape index (κ1) is 21.1. The number of carbonyl (C=O) groups is 2. The molecule has 3 aromatic carbocycles. The number of carbonyl (C=O) groups excluding carboxylic acids is 2. The maximum atomic E-state index is 12.4. The zero-order valence-corrected chi connectivity index (χ0v) is 17.3. The van der Waals surface area contributed by atoms with E-state index < -0.39 is 11.9 Å². The lowest BCUT2D eigenvalue weighted by Gasteiger charge is -2.11. The van der Waals surface area contributed by atoms with E-state index in [1.165, 1.54) is 13.2 Å². The molecule has 0 saturated carbocycles. The Kier molecular flexibility index (Phi) is 6.86. The van der Waals surface area contributed by atoms with E-state index in [1.54, 1.807) is 36.4 Å². The Balaban J connectivity index is 1.71. The van der Waals surface area contributed by atoms with Crippen molar-refractivity contribution >= 4 is 11.9 Å². The number of aryl methyl sites for hydroxylation is 2. The number of hydrogen-bond acceptors (Lipinski definition) is 5. The summed E-state index contributed by atoms with van der Waals surface area (Å²) in [7, 11) is 1.46. The first-order chi connectivity index (χ1) is 14.5. The molecule has 0 bridgehead atoms. The lowest BCUT2D eigenvalue weighted by atomic mass is 10.1. The molecule has 0 aliphatic heterocycles. The molecule has 0 unspecified atom stereocenters. The maximum Gasteiger partial charge on any atom is 0.343 e. The zero-order chi connectivity index (χ0) is 21.5. The average molecular weight is 404 g/mol. The van der Waals surface area contributed by atoms with Crippen LogP contribution in [0.15, 0.2) is 66.7 Å². The molecule has 0 radical (unpaired) electrons. The number of esters is 2. The van der Waals surface area contributed by atoms with Gasteiger partial charge in [0.2, 0.25) is 0 Å². The van der Waals surface area contributed by atoms with Crippen molar-refractivity contribution in [2.75, 3.05) is 7.11 Å². The Morgan fingerprint density at radius 1 is 0.667 bits per heavy atom. The van der Waals surface area contributed by atoms with Gasteiger partial charge in [0, 0.05) is 6.07 Å². The Bertz CT molecular complexity index is 1020. The Labute approximate surface area is 176 Å². The summed E-state index contributed by atoms with van der Waals surface area (Å²) in [4.78, 5) is 24.8. The molecular weight excluding hydrogens is 380 g/mol. The molecule has 154 valence electrons. The summed E-state index contributed by atoms with van der Waals surface area (Å²) < 4.78 is 16.2. The van der Waals surface area contributed by atoms with E-state index in [2.05, 4.69) is 0 Å². The normalized spacial score (nSPS) is 10.4. The summed E-state index contributed by atoms with van der Waals surface area (Å²) in [5, 5.41) is 0. The van der Waals surface area contributed by atoms with E-state index in [1.807, 2.05) is 38.1 Å². The third-order valence-electron chi connectivity index (χ3n) is 4.74. The van der Waals surface area contributed by atoms with Crippen molar-refractivity contribution in [1.82, 2.24) is 0 Å². The van der Waals surface area contributed by atoms with Gasteiger partial charge in [-0.1, -0.05) is 38.1 Å². The van der Waals surface area contributed by atoms with Crippen molar-refractivity contribution in [3.8, 4) is 17.2 Å². The molecule has 5 nitrogen and oxygen atoms in total. The van der Waals surface area contributed by atoms with Crippen LogP contribution in [0.4, 0.5) is 0 Å². The van der Waals surface area contributed by atoms with Gasteiger partial charge < -0.3 is 14.2 Å². The molecule has 0 heterocycles. The predicted octanol–water partition coefficient (Wildman–Crippen LogP) is 5.26. The van der Waals surface area contributed by atoms with Crippen LogP contribution >= 0.6 is 0 Å². The Morgan fingerprint density at radius 2 is 1.17 bits per heavy atom. The number of methoxy groups -OCH3 is 1. The molecule has 0 spiro atoms. The molecule has 0 aromatic heterocycles. The van der Waals surface area contributed by atoms with E-state index in [0.717, 1.165) is 24.0 Å². The highest BCUT2D eigenvalue weighted by Gasteiger charge is 2.15. The monoisotopic (exact) mass is 404 g/mol. The highest BCUT2D eigenvalue weighted by atomic mass is 16.6. The highest BCUT2D eigenvalue weighted by molar-refractivity contribution is 5.92. The van der Waals surface area contributed by atoms with Crippen molar-refractivity contribution in [3.05, 3.63) is 89.0 Å². The molecule has 0 fully saturated rings. The van der Waals surface area contributed by atoms with Crippen molar-refractivity contribution in [2.24, 2.45) is 0 Å². The van der Waals surface area contributed by atoms with Gasteiger partial charge in [0.05, 0.1) is 18.2 Å². The molecule has 30 heavy (non-hydrogen) atoms. The third kappa shape index (κ3) is 5.06. The van der Waals surface area contributed by atoms with Crippen molar-refractivity contribution in [3.63, 3.8) is 0 Å². The largest absolute Gasteiger partial charge is 0.493 e. The van der Waals surface area contributed by atoms with Crippen LogP contribution < -0.4 is 14.2 Å². The Hall–Kier alpha value is -3.60. The van der Waals surface area contributed by atoms with Gasteiger partial charge in [-0.25, -0.2) is 9.59 Å². The van der Waals surface area contributed by atoms with E-state index in [-0.39, 0.29) is 5.75 Å². The molecule has 0 atom stereocenters. The summed E-state index contributed by atoms with van der Waals surface area (Å²) in [6.07, 6.45) is 1.79. The van der Waals surface area contributed by atoms with Gasteiger partial charge in [-0.3, -0.25) is 0 Å². The molecule has 0 saturated heterocycles. The van der Waals surface area contributed by atoms with Gasteiger partial charge in [-0.15, -0.1) is 0 Å². The van der Waals surface area contributed by atoms with Crippen LogP contribution in [0.3, 0.4) is 0 Å². The first-order valence-electron chi connectivity index (χ1n) is 9.84. The van der Waals surface area contributed by atoms with Crippen LogP contribution in [0.1, 0.15) is 45.7 Å². The average Bonchev–Trinajstić information content (AvgIpc) is 2.80. The minimum absolute atomic E-state index is 0.245. The molecule has 3 aromatic rings.